The first-order valence-corrected chi connectivity index (χ1v) is 8.93. The fourth-order valence-electron chi connectivity index (χ4n) is 2.15. The van der Waals surface area contributed by atoms with Crippen LogP contribution in [-0.2, 0) is 21.1 Å². The third-order valence-corrected chi connectivity index (χ3v) is 4.34. The standard InChI is InChI=1S/C15H21NO5S/c1-4-8-16(10-14(17)18)15(19)13-9-12(22(3,20)21)7-6-11(13)5-2/h6-7,9H,4-5,8,10H2,1-3H3,(H,17,18). The SMILES string of the molecule is CCCN(CC(=O)O)C(=O)c1cc(S(C)(=O)=O)ccc1CC. The fourth-order valence-corrected chi connectivity index (χ4v) is 2.80. The lowest BCUT2D eigenvalue weighted by Crippen LogP contribution is -2.36. The van der Waals surface area contributed by atoms with Gasteiger partial charge in [0.05, 0.1) is 4.90 Å². The summed E-state index contributed by atoms with van der Waals surface area (Å²) in [4.78, 5) is 24.8. The van der Waals surface area contributed by atoms with Crippen LogP contribution in [0.3, 0.4) is 0 Å². The number of benzene rings is 1. The molecule has 0 atom stereocenters. The number of carbonyl (C=O) groups excluding carboxylic acids is 1. The van der Waals surface area contributed by atoms with Gasteiger partial charge in [-0.15, -0.1) is 0 Å². The van der Waals surface area contributed by atoms with Gasteiger partial charge in [0.25, 0.3) is 5.91 Å². The van der Waals surface area contributed by atoms with Gasteiger partial charge in [0.15, 0.2) is 9.84 Å². The number of nitrogens with zero attached hydrogens (tertiary/aromatic N) is 1. The summed E-state index contributed by atoms with van der Waals surface area (Å²) in [5.74, 6) is -1.55. The second-order valence-corrected chi connectivity index (χ2v) is 7.08. The van der Waals surface area contributed by atoms with Gasteiger partial charge in [-0.3, -0.25) is 9.59 Å². The molecule has 7 heteroatoms. The number of hydrogen-bond donors (Lipinski definition) is 1. The van der Waals surface area contributed by atoms with Crippen LogP contribution in [0.15, 0.2) is 23.1 Å². The van der Waals surface area contributed by atoms with Crippen LogP contribution >= 0.6 is 0 Å². The lowest BCUT2D eigenvalue weighted by Gasteiger charge is -2.21. The molecule has 0 radical (unpaired) electrons. The van der Waals surface area contributed by atoms with E-state index in [0.29, 0.717) is 24.9 Å². The summed E-state index contributed by atoms with van der Waals surface area (Å²) in [5.41, 5.74) is 0.948. The first-order chi connectivity index (χ1) is 10.2. The molecule has 0 aliphatic carbocycles. The highest BCUT2D eigenvalue weighted by Crippen LogP contribution is 2.19. The van der Waals surface area contributed by atoms with Crippen LogP contribution in [0.5, 0.6) is 0 Å². The number of carboxylic acids is 1. The van der Waals surface area contributed by atoms with Gasteiger partial charge in [-0.05, 0) is 30.5 Å². The van der Waals surface area contributed by atoms with E-state index in [2.05, 4.69) is 0 Å². The molecule has 0 aliphatic heterocycles. The Balaban J connectivity index is 3.31. The fraction of sp³-hybridized carbons (Fsp3) is 0.467. The van der Waals surface area contributed by atoms with E-state index >= 15 is 0 Å². The van der Waals surface area contributed by atoms with Crippen LogP contribution in [0.4, 0.5) is 0 Å². The normalized spacial score (nSPS) is 11.2. The molecule has 0 fully saturated rings. The van der Waals surface area contributed by atoms with Crippen molar-refractivity contribution in [3.63, 3.8) is 0 Å². The highest BCUT2D eigenvalue weighted by molar-refractivity contribution is 7.90. The predicted octanol–water partition coefficient (Wildman–Crippen LogP) is 1.59. The van der Waals surface area contributed by atoms with Crippen molar-refractivity contribution < 1.29 is 23.1 Å². The average molecular weight is 327 g/mol. The Bertz CT molecular complexity index is 667. The Morgan fingerprint density at radius 2 is 1.86 bits per heavy atom. The molecule has 1 rings (SSSR count). The molecule has 0 spiro atoms. The second-order valence-electron chi connectivity index (χ2n) is 5.07. The van der Waals surface area contributed by atoms with E-state index in [4.69, 9.17) is 5.11 Å². The molecule has 0 heterocycles. The van der Waals surface area contributed by atoms with Gasteiger partial charge in [-0.1, -0.05) is 19.9 Å². The Morgan fingerprint density at radius 3 is 2.32 bits per heavy atom. The maximum absolute atomic E-state index is 12.6. The summed E-state index contributed by atoms with van der Waals surface area (Å²) in [6.07, 6.45) is 2.24. The molecule has 1 N–H and O–H groups in total. The van der Waals surface area contributed by atoms with Crippen molar-refractivity contribution in [1.29, 1.82) is 0 Å². The number of carboxylic acid groups (broad SMARTS) is 1. The molecule has 0 saturated heterocycles. The maximum Gasteiger partial charge on any atom is 0.323 e. The number of carbonyl (C=O) groups is 2. The quantitative estimate of drug-likeness (QED) is 0.821. The zero-order valence-corrected chi connectivity index (χ0v) is 13.8. The number of aryl methyl sites for hydroxylation is 1. The van der Waals surface area contributed by atoms with E-state index in [1.807, 2.05) is 13.8 Å². The number of hydrogen-bond acceptors (Lipinski definition) is 4. The van der Waals surface area contributed by atoms with E-state index in [9.17, 15) is 18.0 Å². The van der Waals surface area contributed by atoms with Crippen molar-refractivity contribution in [2.45, 2.75) is 31.6 Å². The molecule has 1 amide bonds. The van der Waals surface area contributed by atoms with E-state index in [1.165, 1.54) is 17.0 Å². The molecule has 0 aliphatic rings. The van der Waals surface area contributed by atoms with Crippen molar-refractivity contribution in [2.24, 2.45) is 0 Å². The van der Waals surface area contributed by atoms with Gasteiger partial charge in [0.1, 0.15) is 6.54 Å². The summed E-state index contributed by atoms with van der Waals surface area (Å²) in [6.45, 7) is 3.60. The van der Waals surface area contributed by atoms with E-state index in [-0.39, 0.29) is 10.5 Å². The Morgan fingerprint density at radius 1 is 1.23 bits per heavy atom. The smallest absolute Gasteiger partial charge is 0.323 e. The molecule has 1 aromatic carbocycles. The highest BCUT2D eigenvalue weighted by atomic mass is 32.2. The average Bonchev–Trinajstić information content (AvgIpc) is 2.44. The lowest BCUT2D eigenvalue weighted by atomic mass is 10.0. The van der Waals surface area contributed by atoms with Gasteiger partial charge >= 0.3 is 5.97 Å². The summed E-state index contributed by atoms with van der Waals surface area (Å²) >= 11 is 0. The third kappa shape index (κ3) is 4.56. The van der Waals surface area contributed by atoms with Crippen molar-refractivity contribution in [3.05, 3.63) is 29.3 Å². The van der Waals surface area contributed by atoms with Crippen molar-refractivity contribution in [2.75, 3.05) is 19.3 Å². The molecular weight excluding hydrogens is 306 g/mol. The minimum atomic E-state index is -3.43. The Labute approximate surface area is 130 Å². The molecule has 6 nitrogen and oxygen atoms in total. The summed E-state index contributed by atoms with van der Waals surface area (Å²) in [7, 11) is -3.43. The Hall–Kier alpha value is -1.89. The monoisotopic (exact) mass is 327 g/mol. The largest absolute Gasteiger partial charge is 0.480 e. The molecule has 22 heavy (non-hydrogen) atoms. The highest BCUT2D eigenvalue weighted by Gasteiger charge is 2.22. The predicted molar refractivity (Wildman–Crippen MR) is 82.8 cm³/mol. The van der Waals surface area contributed by atoms with Gasteiger partial charge in [0.2, 0.25) is 0 Å². The molecule has 122 valence electrons. The van der Waals surface area contributed by atoms with E-state index in [1.54, 1.807) is 6.07 Å². The van der Waals surface area contributed by atoms with Crippen LogP contribution in [0.25, 0.3) is 0 Å². The van der Waals surface area contributed by atoms with Gasteiger partial charge in [-0.25, -0.2) is 8.42 Å². The zero-order chi connectivity index (χ0) is 16.9. The molecule has 0 saturated carbocycles. The summed E-state index contributed by atoms with van der Waals surface area (Å²) < 4.78 is 23.3. The van der Waals surface area contributed by atoms with E-state index in [0.717, 1.165) is 6.26 Å². The Kier molecular flexibility index (Phi) is 6.11. The van der Waals surface area contributed by atoms with Crippen LogP contribution in [0.1, 0.15) is 36.2 Å². The minimum absolute atomic E-state index is 0.0554. The van der Waals surface area contributed by atoms with Crippen molar-refractivity contribution in [3.8, 4) is 0 Å². The van der Waals surface area contributed by atoms with Crippen LogP contribution in [0, 0.1) is 0 Å². The topological polar surface area (TPSA) is 91.8 Å². The van der Waals surface area contributed by atoms with E-state index < -0.39 is 28.3 Å². The van der Waals surface area contributed by atoms with Crippen molar-refractivity contribution >= 4 is 21.7 Å². The van der Waals surface area contributed by atoms with Crippen molar-refractivity contribution in [1.82, 2.24) is 4.90 Å². The molecule has 1 aromatic rings. The number of sulfone groups is 1. The number of aliphatic carboxylic acids is 1. The summed E-state index contributed by atoms with van der Waals surface area (Å²) in [6, 6.07) is 4.40. The van der Waals surface area contributed by atoms with Gasteiger partial charge < -0.3 is 10.0 Å². The second kappa shape index (κ2) is 7.40. The molecule has 0 bridgehead atoms. The third-order valence-electron chi connectivity index (χ3n) is 3.23. The van der Waals surface area contributed by atoms with Gasteiger partial charge in [-0.2, -0.15) is 0 Å². The minimum Gasteiger partial charge on any atom is -0.480 e. The maximum atomic E-state index is 12.6. The number of rotatable bonds is 7. The lowest BCUT2D eigenvalue weighted by molar-refractivity contribution is -0.137. The molecular formula is C15H21NO5S. The first kappa shape index (κ1) is 18.2. The first-order valence-electron chi connectivity index (χ1n) is 7.04. The van der Waals surface area contributed by atoms with Crippen LogP contribution in [0.2, 0.25) is 0 Å². The summed E-state index contributed by atoms with van der Waals surface area (Å²) in [5, 5.41) is 8.93. The molecule has 0 unspecified atom stereocenters. The van der Waals surface area contributed by atoms with Crippen LogP contribution in [-0.4, -0.2) is 49.6 Å². The number of amides is 1. The van der Waals surface area contributed by atoms with Gasteiger partial charge in [0, 0.05) is 18.4 Å². The molecule has 0 aromatic heterocycles. The zero-order valence-electron chi connectivity index (χ0n) is 13.0. The van der Waals surface area contributed by atoms with Crippen LogP contribution < -0.4 is 0 Å².